The van der Waals surface area contributed by atoms with E-state index in [1.807, 2.05) is 0 Å². The summed E-state index contributed by atoms with van der Waals surface area (Å²) in [6.07, 6.45) is 0.137. The lowest BCUT2D eigenvalue weighted by molar-refractivity contribution is -0.171. The average molecular weight is 504 g/mol. The van der Waals surface area contributed by atoms with Gasteiger partial charge in [-0.25, -0.2) is 9.18 Å². The Kier molecular flexibility index (Phi) is 6.87. The molecule has 4 amide bonds. The lowest BCUT2D eigenvalue weighted by atomic mass is 10.0. The summed E-state index contributed by atoms with van der Waals surface area (Å²) >= 11 is 0. The van der Waals surface area contributed by atoms with Crippen molar-refractivity contribution in [2.45, 2.75) is 77.2 Å². The van der Waals surface area contributed by atoms with Crippen molar-refractivity contribution >= 4 is 35.3 Å². The molecule has 2 unspecified atom stereocenters. The van der Waals surface area contributed by atoms with Gasteiger partial charge in [-0.1, -0.05) is 0 Å². The number of hydrogen-bond acceptors (Lipinski definition) is 8. The molecule has 36 heavy (non-hydrogen) atoms. The van der Waals surface area contributed by atoms with Gasteiger partial charge in [-0.15, -0.1) is 0 Å². The number of carbonyl (C=O) groups excluding carboxylic acids is 5. The minimum atomic E-state index is -1.11. The van der Waals surface area contributed by atoms with Crippen molar-refractivity contribution in [3.63, 3.8) is 0 Å². The van der Waals surface area contributed by atoms with Crippen molar-refractivity contribution in [3.05, 3.63) is 29.1 Å². The zero-order chi connectivity index (χ0) is 26.4. The number of nitrogens with zero attached hydrogens (tertiary/aromatic N) is 2. The Morgan fingerprint density at radius 3 is 2.25 bits per heavy atom. The number of ether oxygens (including phenoxy) is 2. The molecule has 3 aliphatic heterocycles. The summed E-state index contributed by atoms with van der Waals surface area (Å²) in [6, 6.07) is 1.27. The van der Waals surface area contributed by atoms with Crippen LogP contribution < -0.4 is 10.2 Å². The van der Waals surface area contributed by atoms with Gasteiger partial charge in [-0.2, -0.15) is 0 Å². The van der Waals surface area contributed by atoms with Gasteiger partial charge in [-0.3, -0.25) is 29.4 Å². The second kappa shape index (κ2) is 9.61. The van der Waals surface area contributed by atoms with Gasteiger partial charge in [-0.05, 0) is 59.1 Å². The smallest absolute Gasteiger partial charge is 0.335 e. The summed E-state index contributed by atoms with van der Waals surface area (Å²) in [6.45, 7) is 7.81. The Morgan fingerprint density at radius 1 is 1.06 bits per heavy atom. The Hall–Kier alpha value is -3.34. The van der Waals surface area contributed by atoms with Gasteiger partial charge in [0.25, 0.3) is 11.8 Å². The van der Waals surface area contributed by atoms with Gasteiger partial charge in [0.05, 0.1) is 22.9 Å². The summed E-state index contributed by atoms with van der Waals surface area (Å²) in [4.78, 5) is 64.4. The van der Waals surface area contributed by atoms with Crippen LogP contribution in [0.15, 0.2) is 12.1 Å². The highest BCUT2D eigenvalue weighted by Crippen LogP contribution is 2.34. The van der Waals surface area contributed by atoms with Crippen molar-refractivity contribution in [3.8, 4) is 0 Å². The Labute approximate surface area is 208 Å². The second-order valence-electron chi connectivity index (χ2n) is 10.3. The van der Waals surface area contributed by atoms with Crippen LogP contribution in [-0.2, 0) is 23.9 Å². The molecule has 11 heteroatoms. The molecule has 3 aliphatic rings. The zero-order valence-electron chi connectivity index (χ0n) is 20.8. The number of hydrogen-bond donors (Lipinski definition) is 1. The Balaban J connectivity index is 1.43. The molecule has 0 aromatic heterocycles. The molecule has 2 saturated heterocycles. The third kappa shape index (κ3) is 5.11. The van der Waals surface area contributed by atoms with E-state index in [9.17, 15) is 24.0 Å². The lowest BCUT2D eigenvalue weighted by Crippen LogP contribution is -2.54. The fourth-order valence-electron chi connectivity index (χ4n) is 4.68. The van der Waals surface area contributed by atoms with Crippen molar-refractivity contribution in [1.29, 1.82) is 0 Å². The number of esters is 1. The van der Waals surface area contributed by atoms with Gasteiger partial charge in [0.1, 0.15) is 17.5 Å². The fraction of sp³-hybridized carbons (Fsp3) is 0.560. The molecule has 1 N–H and O–H groups in total. The molecule has 1 aromatic carbocycles. The number of anilines is 1. The minimum Gasteiger partial charge on any atom is -0.458 e. The Bertz CT molecular complexity index is 1120. The summed E-state index contributed by atoms with van der Waals surface area (Å²) in [5.74, 6) is -3.72. The number of halogens is 1. The predicted octanol–water partition coefficient (Wildman–Crippen LogP) is 1.94. The van der Waals surface area contributed by atoms with Crippen molar-refractivity contribution in [2.24, 2.45) is 0 Å². The monoisotopic (exact) mass is 503 g/mol. The minimum absolute atomic E-state index is 0.00693. The Morgan fingerprint density at radius 2 is 1.67 bits per heavy atom. The van der Waals surface area contributed by atoms with Crippen molar-refractivity contribution < 1.29 is 37.8 Å². The standard InChI is InChI=1S/C25H30FN3O7/c1-13(24(34)36-25(2,3)4)35-14-7-9-28(10-8-14)19-12-16-15(11-17(19)26)22(32)29(23(16)33)18-5-6-20(30)27-21(18)31/h11-14,18H,5-10H2,1-4H3,(H,27,30,31). The number of amides is 4. The van der Waals surface area contributed by atoms with E-state index in [-0.39, 0.29) is 35.8 Å². The van der Waals surface area contributed by atoms with Crippen LogP contribution in [0.3, 0.4) is 0 Å². The van der Waals surface area contributed by atoms with E-state index in [4.69, 9.17) is 9.47 Å². The quantitative estimate of drug-likeness (QED) is 0.478. The van der Waals surface area contributed by atoms with Crippen LogP contribution in [0.4, 0.5) is 10.1 Å². The van der Waals surface area contributed by atoms with Gasteiger partial charge >= 0.3 is 5.97 Å². The van der Waals surface area contributed by atoms with Gasteiger partial charge in [0, 0.05) is 19.5 Å². The maximum atomic E-state index is 15.1. The SMILES string of the molecule is CC(OC1CCN(c2cc3c(cc2F)C(=O)N(C2CCC(=O)NC2=O)C3=O)CC1)C(=O)OC(C)(C)C. The first-order valence-corrected chi connectivity index (χ1v) is 12.0. The van der Waals surface area contributed by atoms with E-state index in [2.05, 4.69) is 5.32 Å². The molecule has 2 atom stereocenters. The number of imide groups is 2. The van der Waals surface area contributed by atoms with Crippen LogP contribution >= 0.6 is 0 Å². The average Bonchev–Trinajstić information content (AvgIpc) is 3.02. The second-order valence-corrected chi connectivity index (χ2v) is 10.3. The van der Waals surface area contributed by atoms with E-state index >= 15 is 4.39 Å². The molecule has 2 fully saturated rings. The maximum absolute atomic E-state index is 15.1. The molecule has 0 aliphatic carbocycles. The number of rotatable bonds is 5. The van der Waals surface area contributed by atoms with Crippen molar-refractivity contribution in [1.82, 2.24) is 10.2 Å². The normalized spacial score (nSPS) is 22.0. The van der Waals surface area contributed by atoms with Crippen LogP contribution in [0.2, 0.25) is 0 Å². The highest BCUT2D eigenvalue weighted by atomic mass is 19.1. The first kappa shape index (κ1) is 25.7. The number of benzene rings is 1. The molecule has 10 nitrogen and oxygen atoms in total. The molecule has 0 bridgehead atoms. The third-order valence-corrected chi connectivity index (χ3v) is 6.43. The van der Waals surface area contributed by atoms with E-state index < -0.39 is 53.2 Å². The third-order valence-electron chi connectivity index (χ3n) is 6.43. The number of fused-ring (bicyclic) bond motifs is 1. The molecular weight excluding hydrogens is 473 g/mol. The topological polar surface area (TPSA) is 122 Å². The molecule has 194 valence electrons. The molecule has 1 aromatic rings. The zero-order valence-corrected chi connectivity index (χ0v) is 20.8. The molecular formula is C25H30FN3O7. The first-order valence-electron chi connectivity index (χ1n) is 12.0. The van der Waals surface area contributed by atoms with E-state index in [0.29, 0.717) is 25.9 Å². The summed E-state index contributed by atoms with van der Waals surface area (Å²) < 4.78 is 26.3. The number of nitrogens with one attached hydrogen (secondary N) is 1. The maximum Gasteiger partial charge on any atom is 0.335 e. The first-order chi connectivity index (χ1) is 16.9. The summed E-state index contributed by atoms with van der Waals surface area (Å²) in [5, 5.41) is 2.14. The fourth-order valence-corrected chi connectivity index (χ4v) is 4.68. The van der Waals surface area contributed by atoms with E-state index in [1.54, 1.807) is 32.6 Å². The molecule has 0 radical (unpaired) electrons. The summed E-state index contributed by atoms with van der Waals surface area (Å²) in [5.41, 5.74) is -0.512. The van der Waals surface area contributed by atoms with Crippen LogP contribution in [0.5, 0.6) is 0 Å². The van der Waals surface area contributed by atoms with E-state index in [0.717, 1.165) is 11.0 Å². The van der Waals surface area contributed by atoms with Gasteiger partial charge < -0.3 is 14.4 Å². The van der Waals surface area contributed by atoms with Gasteiger partial charge in [0.15, 0.2) is 6.10 Å². The highest BCUT2D eigenvalue weighted by molar-refractivity contribution is 6.23. The largest absolute Gasteiger partial charge is 0.458 e. The van der Waals surface area contributed by atoms with Crippen LogP contribution in [0.1, 0.15) is 74.1 Å². The van der Waals surface area contributed by atoms with E-state index in [1.165, 1.54) is 6.07 Å². The predicted molar refractivity (Wildman–Crippen MR) is 125 cm³/mol. The highest BCUT2D eigenvalue weighted by Gasteiger charge is 2.45. The molecule has 0 spiro atoms. The van der Waals surface area contributed by atoms with Crippen LogP contribution in [0, 0.1) is 5.82 Å². The molecule has 3 heterocycles. The summed E-state index contributed by atoms with van der Waals surface area (Å²) in [7, 11) is 0. The molecule has 0 saturated carbocycles. The lowest BCUT2D eigenvalue weighted by Gasteiger charge is -2.35. The van der Waals surface area contributed by atoms with Crippen molar-refractivity contribution in [2.75, 3.05) is 18.0 Å². The number of carbonyl (C=O) groups is 5. The van der Waals surface area contributed by atoms with Crippen LogP contribution in [-0.4, -0.2) is 71.4 Å². The van der Waals surface area contributed by atoms with Crippen LogP contribution in [0.25, 0.3) is 0 Å². The van der Waals surface area contributed by atoms with Gasteiger partial charge in [0.2, 0.25) is 11.8 Å². The number of piperidine rings is 2. The molecule has 4 rings (SSSR count).